The van der Waals surface area contributed by atoms with Crippen molar-refractivity contribution in [3.8, 4) is 0 Å². The van der Waals surface area contributed by atoms with Crippen LogP contribution < -0.4 is 10.4 Å². The lowest BCUT2D eigenvalue weighted by molar-refractivity contribution is -0.145. The van der Waals surface area contributed by atoms with Crippen molar-refractivity contribution in [3.63, 3.8) is 0 Å². The molecular formula is C24H30O5Si. The van der Waals surface area contributed by atoms with Gasteiger partial charge in [-0.25, -0.2) is 0 Å². The molecule has 0 amide bonds. The molecule has 0 saturated carbocycles. The second-order valence-electron chi connectivity index (χ2n) is 8.18. The molecule has 0 saturated heterocycles. The van der Waals surface area contributed by atoms with Gasteiger partial charge in [-0.05, 0) is 15.4 Å². The molecule has 5 nitrogen and oxygen atoms in total. The van der Waals surface area contributed by atoms with E-state index in [1.807, 2.05) is 60.7 Å². The zero-order valence-corrected chi connectivity index (χ0v) is 18.8. The molecule has 0 bridgehead atoms. The highest BCUT2D eigenvalue weighted by Crippen LogP contribution is 2.38. The van der Waals surface area contributed by atoms with Gasteiger partial charge in [0.15, 0.2) is 0 Å². The topological polar surface area (TPSA) is 72.8 Å². The van der Waals surface area contributed by atoms with Gasteiger partial charge in [-0.1, -0.05) is 94.1 Å². The molecule has 0 aliphatic heterocycles. The number of carboxylic acid groups (broad SMARTS) is 1. The van der Waals surface area contributed by atoms with Crippen molar-refractivity contribution in [2.75, 3.05) is 6.61 Å². The van der Waals surface area contributed by atoms with E-state index in [-0.39, 0.29) is 24.5 Å². The second-order valence-corrected chi connectivity index (χ2v) is 12.4. The lowest BCUT2D eigenvalue weighted by atomic mass is 10.2. The third kappa shape index (κ3) is 5.68. The van der Waals surface area contributed by atoms with E-state index in [4.69, 9.17) is 9.16 Å². The van der Waals surface area contributed by atoms with Gasteiger partial charge in [-0.2, -0.15) is 0 Å². The lowest BCUT2D eigenvalue weighted by Crippen LogP contribution is -2.67. The Morgan fingerprint density at radius 1 is 1.00 bits per heavy atom. The normalized spacial score (nSPS) is 12.8. The first-order chi connectivity index (χ1) is 14.2. The van der Waals surface area contributed by atoms with Gasteiger partial charge >= 0.3 is 11.9 Å². The molecule has 2 aromatic rings. The molecule has 6 heteroatoms. The summed E-state index contributed by atoms with van der Waals surface area (Å²) in [6.45, 7) is 9.93. The number of hydrogen-bond donors (Lipinski definition) is 1. The van der Waals surface area contributed by atoms with Crippen LogP contribution in [-0.4, -0.2) is 38.1 Å². The molecule has 1 N–H and O–H groups in total. The van der Waals surface area contributed by atoms with Crippen LogP contribution in [0, 0.1) is 0 Å². The highest BCUT2D eigenvalue weighted by atomic mass is 28.4. The van der Waals surface area contributed by atoms with Gasteiger partial charge in [-0.15, -0.1) is 0 Å². The van der Waals surface area contributed by atoms with Crippen molar-refractivity contribution in [2.24, 2.45) is 0 Å². The molecule has 2 rings (SSSR count). The van der Waals surface area contributed by atoms with Crippen LogP contribution in [0.2, 0.25) is 5.04 Å². The van der Waals surface area contributed by atoms with Crippen LogP contribution in [0.15, 0.2) is 73.3 Å². The van der Waals surface area contributed by atoms with E-state index in [2.05, 4.69) is 27.4 Å². The number of aliphatic carboxylic acids is 1. The summed E-state index contributed by atoms with van der Waals surface area (Å²) in [6, 6.07) is 19.8. The molecule has 0 radical (unpaired) electrons. The first kappa shape index (κ1) is 23.6. The van der Waals surface area contributed by atoms with Crippen molar-refractivity contribution in [3.05, 3.63) is 73.3 Å². The van der Waals surface area contributed by atoms with Crippen LogP contribution in [0.3, 0.4) is 0 Å². The van der Waals surface area contributed by atoms with Crippen molar-refractivity contribution in [1.82, 2.24) is 0 Å². The first-order valence-corrected chi connectivity index (χ1v) is 11.9. The second kappa shape index (κ2) is 10.4. The molecule has 2 aromatic carbocycles. The third-order valence-electron chi connectivity index (χ3n) is 4.92. The van der Waals surface area contributed by atoms with Crippen LogP contribution in [-0.2, 0) is 18.8 Å². The zero-order chi connectivity index (χ0) is 22.2. The monoisotopic (exact) mass is 426 g/mol. The fourth-order valence-corrected chi connectivity index (χ4v) is 8.37. The van der Waals surface area contributed by atoms with Gasteiger partial charge < -0.3 is 14.3 Å². The summed E-state index contributed by atoms with van der Waals surface area (Å²) in [4.78, 5) is 23.9. The number of carbonyl (C=O) groups is 2. The van der Waals surface area contributed by atoms with Gasteiger partial charge in [0, 0.05) is 0 Å². The summed E-state index contributed by atoms with van der Waals surface area (Å²) < 4.78 is 11.9. The number of hydrogen-bond acceptors (Lipinski definition) is 4. The Balaban J connectivity index is 2.57. The van der Waals surface area contributed by atoms with Crippen LogP contribution >= 0.6 is 0 Å². The standard InChI is InChI=1S/C24H30O5Si/c1-5-16-28-23(27)18-19(17-22(25)26)29-30(24(2,3)4,20-12-8-6-9-13-20)21-14-10-7-11-15-21/h5-15,19H,1,16-18H2,2-4H3,(H,25,26)/t19-/m1/s1. The third-order valence-corrected chi connectivity index (χ3v) is 10.0. The Bertz CT molecular complexity index is 803. The Hall–Kier alpha value is -2.70. The average molecular weight is 427 g/mol. The minimum atomic E-state index is -2.97. The number of benzene rings is 2. The minimum absolute atomic E-state index is 0.0812. The van der Waals surface area contributed by atoms with Crippen molar-refractivity contribution >= 4 is 30.6 Å². The highest BCUT2D eigenvalue weighted by molar-refractivity contribution is 6.99. The van der Waals surface area contributed by atoms with Crippen molar-refractivity contribution < 1.29 is 23.9 Å². The number of esters is 1. The fourth-order valence-electron chi connectivity index (χ4n) is 3.69. The summed E-state index contributed by atoms with van der Waals surface area (Å²) in [6.07, 6.45) is 0.247. The van der Waals surface area contributed by atoms with Crippen molar-refractivity contribution in [2.45, 2.75) is 44.8 Å². The predicted octanol–water partition coefficient (Wildman–Crippen LogP) is 3.53. The smallest absolute Gasteiger partial charge is 0.308 e. The quantitative estimate of drug-likeness (QED) is 0.357. The predicted molar refractivity (Wildman–Crippen MR) is 121 cm³/mol. The summed E-state index contributed by atoms with van der Waals surface area (Å²) >= 11 is 0. The summed E-state index contributed by atoms with van der Waals surface area (Å²) in [5.41, 5.74) is 0. The fraction of sp³-hybridized carbons (Fsp3) is 0.333. The number of carboxylic acids is 1. The van der Waals surface area contributed by atoms with E-state index in [1.165, 1.54) is 6.08 Å². The van der Waals surface area contributed by atoms with E-state index in [0.717, 1.165) is 10.4 Å². The lowest BCUT2D eigenvalue weighted by Gasteiger charge is -2.45. The number of ether oxygens (including phenoxy) is 1. The largest absolute Gasteiger partial charge is 0.481 e. The van der Waals surface area contributed by atoms with Crippen LogP contribution in [0.1, 0.15) is 33.6 Å². The van der Waals surface area contributed by atoms with Gasteiger partial charge in [0.25, 0.3) is 8.32 Å². The Morgan fingerprint density at radius 3 is 1.90 bits per heavy atom. The number of rotatable bonds is 10. The molecule has 0 spiro atoms. The molecular weight excluding hydrogens is 396 g/mol. The van der Waals surface area contributed by atoms with E-state index >= 15 is 0 Å². The molecule has 1 atom stereocenters. The summed E-state index contributed by atoms with van der Waals surface area (Å²) in [5.74, 6) is -1.52. The minimum Gasteiger partial charge on any atom is -0.481 e. The SMILES string of the molecule is C=CCOC(=O)C[C@@H](CC(=O)O)O[Si](c1ccccc1)(c1ccccc1)C(C)(C)C. The van der Waals surface area contributed by atoms with E-state index in [9.17, 15) is 14.7 Å². The van der Waals surface area contributed by atoms with E-state index in [1.54, 1.807) is 0 Å². The zero-order valence-electron chi connectivity index (χ0n) is 17.8. The van der Waals surface area contributed by atoms with Crippen LogP contribution in [0.4, 0.5) is 0 Å². The molecule has 0 aliphatic rings. The Labute approximate surface area is 179 Å². The highest BCUT2D eigenvalue weighted by Gasteiger charge is 2.51. The van der Waals surface area contributed by atoms with E-state index in [0.29, 0.717) is 0 Å². The molecule has 0 unspecified atom stereocenters. The Kier molecular flexibility index (Phi) is 8.14. The average Bonchev–Trinajstić information content (AvgIpc) is 2.70. The molecule has 0 aliphatic carbocycles. The molecule has 0 heterocycles. The van der Waals surface area contributed by atoms with Gasteiger partial charge in [0.1, 0.15) is 6.61 Å². The van der Waals surface area contributed by atoms with Gasteiger partial charge in [-0.3, -0.25) is 9.59 Å². The van der Waals surface area contributed by atoms with Crippen molar-refractivity contribution in [1.29, 1.82) is 0 Å². The molecule has 0 fully saturated rings. The Morgan fingerprint density at radius 2 is 1.50 bits per heavy atom. The maximum absolute atomic E-state index is 12.3. The van der Waals surface area contributed by atoms with Gasteiger partial charge in [0.05, 0.1) is 18.9 Å². The summed E-state index contributed by atoms with van der Waals surface area (Å²) in [7, 11) is -2.97. The van der Waals surface area contributed by atoms with Crippen LogP contribution in [0.5, 0.6) is 0 Å². The molecule has 0 aromatic heterocycles. The van der Waals surface area contributed by atoms with Gasteiger partial charge in [0.2, 0.25) is 0 Å². The maximum atomic E-state index is 12.3. The number of carbonyl (C=O) groups excluding carboxylic acids is 1. The van der Waals surface area contributed by atoms with Crippen LogP contribution in [0.25, 0.3) is 0 Å². The van der Waals surface area contributed by atoms with E-state index < -0.39 is 26.4 Å². The first-order valence-electron chi connectivity index (χ1n) is 9.98. The molecule has 160 valence electrons. The summed E-state index contributed by atoms with van der Waals surface area (Å²) in [5, 5.41) is 11.2. The maximum Gasteiger partial charge on any atom is 0.308 e. The molecule has 30 heavy (non-hydrogen) atoms.